The molecule has 2 heterocycles. The van der Waals surface area contributed by atoms with Crippen molar-refractivity contribution in [2.45, 2.75) is 18.9 Å². The van der Waals surface area contributed by atoms with E-state index in [0.717, 1.165) is 39.4 Å². The summed E-state index contributed by atoms with van der Waals surface area (Å²) in [4.78, 5) is 5.35. The fourth-order valence-electron chi connectivity index (χ4n) is 10.9. The SMILES string of the molecule is Cc1c(-c2ccc(C3=CC4c5c(cccc5-c5ccc6c7ccccc7c7ccccc7c6c5)OC4c4ccccc43)cc2)cc(-c2cccc(-c3ccccc3)c2)nc1-c1ccccc1. The van der Waals surface area contributed by atoms with Gasteiger partial charge in [-0.15, -0.1) is 0 Å². The second-order valence-electron chi connectivity index (χ2n) is 17.7. The molecular formula is C64H43NO. The summed E-state index contributed by atoms with van der Waals surface area (Å²) < 4.78 is 6.97. The van der Waals surface area contributed by atoms with Crippen molar-refractivity contribution in [3.8, 4) is 61.6 Å². The zero-order chi connectivity index (χ0) is 43.7. The third-order valence-corrected chi connectivity index (χ3v) is 14.0. The van der Waals surface area contributed by atoms with E-state index in [0.29, 0.717) is 0 Å². The van der Waals surface area contributed by atoms with Crippen LogP contribution in [0.2, 0.25) is 0 Å². The molecule has 0 amide bonds. The van der Waals surface area contributed by atoms with Crippen LogP contribution in [-0.4, -0.2) is 4.98 Å². The molecule has 2 aliphatic rings. The van der Waals surface area contributed by atoms with E-state index in [9.17, 15) is 0 Å². The predicted octanol–water partition coefficient (Wildman–Crippen LogP) is 16.8. The van der Waals surface area contributed by atoms with Crippen molar-refractivity contribution in [2.24, 2.45) is 0 Å². The topological polar surface area (TPSA) is 22.1 Å². The largest absolute Gasteiger partial charge is 0.484 e. The van der Waals surface area contributed by atoms with Crippen molar-refractivity contribution >= 4 is 37.9 Å². The average Bonchev–Trinajstić information content (AvgIpc) is 3.78. The number of benzene rings is 10. The molecule has 0 bridgehead atoms. The molecule has 0 saturated carbocycles. The van der Waals surface area contributed by atoms with Gasteiger partial charge in [-0.3, -0.25) is 0 Å². The van der Waals surface area contributed by atoms with Gasteiger partial charge in [-0.1, -0.05) is 206 Å². The van der Waals surface area contributed by atoms with E-state index in [1.54, 1.807) is 0 Å². The monoisotopic (exact) mass is 841 g/mol. The van der Waals surface area contributed by atoms with Gasteiger partial charge in [-0.05, 0) is 119 Å². The van der Waals surface area contributed by atoms with Gasteiger partial charge in [0, 0.05) is 28.2 Å². The van der Waals surface area contributed by atoms with Crippen molar-refractivity contribution in [2.75, 3.05) is 0 Å². The average molecular weight is 842 g/mol. The van der Waals surface area contributed by atoms with E-state index < -0.39 is 0 Å². The van der Waals surface area contributed by atoms with Gasteiger partial charge in [0.2, 0.25) is 0 Å². The van der Waals surface area contributed by atoms with E-state index in [-0.39, 0.29) is 12.0 Å². The zero-order valence-electron chi connectivity index (χ0n) is 36.4. The van der Waals surface area contributed by atoms with Crippen LogP contribution in [0, 0.1) is 6.92 Å². The minimum absolute atomic E-state index is 0.0369. The smallest absolute Gasteiger partial charge is 0.135 e. The molecule has 10 aromatic carbocycles. The van der Waals surface area contributed by atoms with Crippen LogP contribution in [0.1, 0.15) is 39.8 Å². The van der Waals surface area contributed by atoms with Gasteiger partial charge in [-0.25, -0.2) is 4.98 Å². The van der Waals surface area contributed by atoms with Gasteiger partial charge in [0.05, 0.1) is 11.4 Å². The molecule has 2 heteroatoms. The Hall–Kier alpha value is -8.33. The minimum atomic E-state index is -0.111. The number of rotatable bonds is 6. The number of aromatic nitrogens is 1. The third kappa shape index (κ3) is 6.21. The molecule has 13 rings (SSSR count). The van der Waals surface area contributed by atoms with E-state index in [1.807, 2.05) is 0 Å². The van der Waals surface area contributed by atoms with Crippen LogP contribution in [0.25, 0.3) is 93.8 Å². The predicted molar refractivity (Wildman–Crippen MR) is 275 cm³/mol. The molecule has 0 fully saturated rings. The molecule has 1 aliphatic carbocycles. The summed E-state index contributed by atoms with van der Waals surface area (Å²) in [5, 5.41) is 7.68. The molecule has 1 aromatic heterocycles. The van der Waals surface area contributed by atoms with E-state index >= 15 is 0 Å². The fourth-order valence-corrected chi connectivity index (χ4v) is 10.9. The van der Waals surface area contributed by atoms with Gasteiger partial charge in [-0.2, -0.15) is 0 Å². The Morgan fingerprint density at radius 2 is 0.939 bits per heavy atom. The highest BCUT2D eigenvalue weighted by Gasteiger charge is 2.40. The summed E-state index contributed by atoms with van der Waals surface area (Å²) >= 11 is 0. The van der Waals surface area contributed by atoms with E-state index in [1.165, 1.54) is 88.0 Å². The molecule has 2 nitrogen and oxygen atoms in total. The molecule has 66 heavy (non-hydrogen) atoms. The Balaban J connectivity index is 0.917. The fraction of sp³-hybridized carbons (Fsp3) is 0.0469. The number of pyridine rings is 1. The van der Waals surface area contributed by atoms with Crippen LogP contribution in [0.4, 0.5) is 0 Å². The third-order valence-electron chi connectivity index (χ3n) is 14.0. The molecule has 2 atom stereocenters. The molecule has 2 unspecified atom stereocenters. The summed E-state index contributed by atoms with van der Waals surface area (Å²) in [6.07, 6.45) is 2.37. The number of nitrogens with zero attached hydrogens (tertiary/aromatic N) is 1. The number of hydrogen-bond donors (Lipinski definition) is 0. The van der Waals surface area contributed by atoms with Crippen molar-refractivity contribution in [3.05, 3.63) is 258 Å². The van der Waals surface area contributed by atoms with Gasteiger partial charge >= 0.3 is 0 Å². The van der Waals surface area contributed by atoms with Crippen LogP contribution in [-0.2, 0) is 0 Å². The summed E-state index contributed by atoms with van der Waals surface area (Å²) in [6.45, 7) is 2.21. The van der Waals surface area contributed by atoms with Crippen LogP contribution in [0.3, 0.4) is 0 Å². The van der Waals surface area contributed by atoms with Crippen molar-refractivity contribution < 1.29 is 4.74 Å². The number of ether oxygens (including phenoxy) is 1. The normalized spacial score (nSPS) is 15.0. The van der Waals surface area contributed by atoms with Gasteiger partial charge in [0.1, 0.15) is 11.9 Å². The Morgan fingerprint density at radius 1 is 0.379 bits per heavy atom. The quantitative estimate of drug-likeness (QED) is 0.156. The Bertz CT molecular complexity index is 3700. The molecule has 0 saturated heterocycles. The summed E-state index contributed by atoms with van der Waals surface area (Å²) in [5.41, 5.74) is 18.5. The first-order valence-corrected chi connectivity index (χ1v) is 22.9. The lowest BCUT2D eigenvalue weighted by Gasteiger charge is -2.28. The van der Waals surface area contributed by atoms with E-state index in [4.69, 9.17) is 9.72 Å². The Morgan fingerprint density at radius 3 is 1.68 bits per heavy atom. The van der Waals surface area contributed by atoms with Crippen molar-refractivity contribution in [1.82, 2.24) is 4.98 Å². The van der Waals surface area contributed by atoms with Crippen molar-refractivity contribution in [1.29, 1.82) is 0 Å². The second kappa shape index (κ2) is 15.4. The lowest BCUT2D eigenvalue weighted by atomic mass is 9.76. The molecule has 0 radical (unpaired) electrons. The van der Waals surface area contributed by atoms with Crippen LogP contribution < -0.4 is 4.74 Å². The van der Waals surface area contributed by atoms with Gasteiger partial charge in [0.15, 0.2) is 0 Å². The summed E-state index contributed by atoms with van der Waals surface area (Å²) in [6, 6.07) is 81.4. The van der Waals surface area contributed by atoms with Gasteiger partial charge in [0.25, 0.3) is 0 Å². The van der Waals surface area contributed by atoms with Crippen LogP contribution in [0.5, 0.6) is 5.75 Å². The second-order valence-corrected chi connectivity index (χ2v) is 17.7. The van der Waals surface area contributed by atoms with Crippen LogP contribution in [0.15, 0.2) is 231 Å². The summed E-state index contributed by atoms with van der Waals surface area (Å²) in [7, 11) is 0. The lowest BCUT2D eigenvalue weighted by molar-refractivity contribution is 0.223. The lowest BCUT2D eigenvalue weighted by Crippen LogP contribution is -2.16. The minimum Gasteiger partial charge on any atom is -0.484 e. The van der Waals surface area contributed by atoms with Gasteiger partial charge < -0.3 is 4.74 Å². The maximum Gasteiger partial charge on any atom is 0.135 e. The zero-order valence-corrected chi connectivity index (χ0v) is 36.4. The number of hydrogen-bond acceptors (Lipinski definition) is 2. The molecule has 310 valence electrons. The molecule has 0 N–H and O–H groups in total. The Kier molecular flexibility index (Phi) is 8.92. The maximum absolute atomic E-state index is 6.97. The first-order valence-electron chi connectivity index (χ1n) is 22.9. The highest BCUT2D eigenvalue weighted by atomic mass is 16.5. The maximum atomic E-state index is 6.97. The summed E-state index contributed by atoms with van der Waals surface area (Å²) in [5.74, 6) is 0.996. The van der Waals surface area contributed by atoms with Crippen LogP contribution >= 0.6 is 0 Å². The van der Waals surface area contributed by atoms with E-state index in [2.05, 4.69) is 237 Å². The first-order chi connectivity index (χ1) is 32.6. The first kappa shape index (κ1) is 38.2. The molecule has 1 aliphatic heterocycles. The highest BCUT2D eigenvalue weighted by molar-refractivity contribution is 6.25. The molecule has 0 spiro atoms. The molecule has 11 aromatic rings. The Labute approximate surface area is 384 Å². The molecular weight excluding hydrogens is 799 g/mol. The van der Waals surface area contributed by atoms with Crippen molar-refractivity contribution in [3.63, 3.8) is 0 Å². The highest BCUT2D eigenvalue weighted by Crippen LogP contribution is 2.56. The standard InChI is InChI=1S/C64H43NO/c1-40-56(39-60(65-63(40)44-18-6-3-7-19-44)47-21-14-20-45(36-47)41-16-4-2-5-17-41)42-30-32-43(33-31-42)57-38-59-62-48(28-15-29-61(62)66-64(59)55-27-13-12-26-53(55)57)46-34-35-54-51-24-9-8-22-49(51)50-23-10-11-25-52(50)58(54)37-46/h2-39,59,64H,1H3. The number of fused-ring (bicyclic) bond motifs is 11.